The molecule has 2 rings (SSSR count). The van der Waals surface area contributed by atoms with Gasteiger partial charge in [0.15, 0.2) is 11.5 Å². The van der Waals surface area contributed by atoms with Gasteiger partial charge in [-0.2, -0.15) is 0 Å². The second-order valence-electron chi connectivity index (χ2n) is 4.50. The van der Waals surface area contributed by atoms with Crippen molar-refractivity contribution in [2.45, 2.75) is 6.92 Å². The van der Waals surface area contributed by atoms with Crippen LogP contribution in [0.4, 0.5) is 11.4 Å². The molecule has 0 aliphatic heterocycles. The summed E-state index contributed by atoms with van der Waals surface area (Å²) in [4.78, 5) is 22.4. The van der Waals surface area contributed by atoms with Crippen molar-refractivity contribution in [1.82, 2.24) is 5.32 Å². The van der Waals surface area contributed by atoms with Gasteiger partial charge in [0, 0.05) is 13.1 Å². The summed E-state index contributed by atoms with van der Waals surface area (Å²) >= 11 is 0. The van der Waals surface area contributed by atoms with Crippen LogP contribution in [0.25, 0.3) is 0 Å². The molecule has 0 saturated heterocycles. The Balaban J connectivity index is 1.94. The first-order chi connectivity index (χ1) is 11.1. The molecule has 1 aromatic carbocycles. The number of nitrogens with one attached hydrogen (secondary N) is 2. The normalized spacial score (nSPS) is 10.1. The van der Waals surface area contributed by atoms with Gasteiger partial charge >= 0.3 is 5.69 Å². The van der Waals surface area contributed by atoms with Crippen LogP contribution in [0.3, 0.4) is 0 Å². The molecule has 0 spiro atoms. The Morgan fingerprint density at radius 2 is 2.13 bits per heavy atom. The number of carbonyl (C=O) groups is 1. The zero-order valence-electron chi connectivity index (χ0n) is 12.6. The van der Waals surface area contributed by atoms with E-state index >= 15 is 0 Å². The summed E-state index contributed by atoms with van der Waals surface area (Å²) in [6.45, 7) is 2.70. The molecule has 0 atom stereocenters. The van der Waals surface area contributed by atoms with Gasteiger partial charge in [0.1, 0.15) is 5.69 Å². The maximum atomic E-state index is 11.7. The summed E-state index contributed by atoms with van der Waals surface area (Å²) in [7, 11) is 0. The second-order valence-corrected chi connectivity index (χ2v) is 4.50. The monoisotopic (exact) mass is 319 g/mol. The molecular weight excluding hydrogens is 302 g/mol. The standard InChI is InChI=1S/C15H17N3O5/c1-2-22-12-6-3-5-11(14(12)18(20)21)16-8-9-17-15(19)13-7-4-10-23-13/h3-7,10,16H,2,8-9H2,1H3,(H,17,19). The third kappa shape index (κ3) is 4.22. The molecule has 0 bridgehead atoms. The lowest BCUT2D eigenvalue weighted by atomic mass is 10.2. The number of para-hydroxylation sites is 1. The predicted octanol–water partition coefficient (Wildman–Crippen LogP) is 2.43. The maximum absolute atomic E-state index is 11.7. The Bertz CT molecular complexity index is 670. The van der Waals surface area contributed by atoms with Crippen molar-refractivity contribution < 1.29 is 18.9 Å². The Kier molecular flexibility index (Phi) is 5.56. The van der Waals surface area contributed by atoms with Crippen LogP contribution in [0.2, 0.25) is 0 Å². The van der Waals surface area contributed by atoms with Crippen LogP contribution in [-0.4, -0.2) is 30.5 Å². The minimum absolute atomic E-state index is 0.119. The van der Waals surface area contributed by atoms with E-state index in [-0.39, 0.29) is 29.6 Å². The predicted molar refractivity (Wildman–Crippen MR) is 83.8 cm³/mol. The number of benzene rings is 1. The van der Waals surface area contributed by atoms with Crippen LogP contribution in [0.5, 0.6) is 5.75 Å². The lowest BCUT2D eigenvalue weighted by molar-refractivity contribution is -0.384. The van der Waals surface area contributed by atoms with Crippen molar-refractivity contribution in [2.24, 2.45) is 0 Å². The van der Waals surface area contributed by atoms with Crippen molar-refractivity contribution in [2.75, 3.05) is 25.0 Å². The van der Waals surface area contributed by atoms with Gasteiger partial charge in [0.2, 0.25) is 0 Å². The fourth-order valence-electron chi connectivity index (χ4n) is 1.99. The van der Waals surface area contributed by atoms with Gasteiger partial charge in [0.05, 0.1) is 17.8 Å². The van der Waals surface area contributed by atoms with Crippen LogP contribution >= 0.6 is 0 Å². The van der Waals surface area contributed by atoms with Crippen molar-refractivity contribution in [3.8, 4) is 5.75 Å². The molecule has 1 aromatic heterocycles. The summed E-state index contributed by atoms with van der Waals surface area (Å²) in [6, 6.07) is 7.98. The van der Waals surface area contributed by atoms with Gasteiger partial charge < -0.3 is 19.8 Å². The van der Waals surface area contributed by atoms with E-state index in [1.54, 1.807) is 37.3 Å². The Hall–Kier alpha value is -3.03. The van der Waals surface area contributed by atoms with Gasteiger partial charge in [-0.05, 0) is 31.2 Å². The number of hydrogen-bond acceptors (Lipinski definition) is 6. The third-order valence-electron chi connectivity index (χ3n) is 2.95. The topological polar surface area (TPSA) is 107 Å². The second kappa shape index (κ2) is 7.83. The highest BCUT2D eigenvalue weighted by Crippen LogP contribution is 2.34. The molecule has 0 saturated carbocycles. The molecule has 2 aromatic rings. The van der Waals surface area contributed by atoms with Crippen LogP contribution in [0, 0.1) is 10.1 Å². The number of nitrogens with zero attached hydrogens (tertiary/aromatic N) is 1. The van der Waals surface area contributed by atoms with Crippen molar-refractivity contribution >= 4 is 17.3 Å². The maximum Gasteiger partial charge on any atom is 0.333 e. The summed E-state index contributed by atoms with van der Waals surface area (Å²) in [6.07, 6.45) is 1.41. The van der Waals surface area contributed by atoms with Crippen molar-refractivity contribution in [3.63, 3.8) is 0 Å². The molecule has 23 heavy (non-hydrogen) atoms. The van der Waals surface area contributed by atoms with E-state index in [0.717, 1.165) is 0 Å². The number of rotatable bonds is 8. The smallest absolute Gasteiger partial charge is 0.333 e. The number of furan rings is 1. The molecule has 1 heterocycles. The summed E-state index contributed by atoms with van der Waals surface area (Å²) in [5, 5.41) is 16.8. The number of ether oxygens (including phenoxy) is 1. The minimum atomic E-state index is -0.491. The van der Waals surface area contributed by atoms with Gasteiger partial charge in [-0.1, -0.05) is 6.07 Å². The molecule has 1 amide bonds. The average Bonchev–Trinajstić information content (AvgIpc) is 3.06. The van der Waals surface area contributed by atoms with Crippen LogP contribution in [0.15, 0.2) is 41.0 Å². The first-order valence-corrected chi connectivity index (χ1v) is 7.09. The fraction of sp³-hybridized carbons (Fsp3) is 0.267. The van der Waals surface area contributed by atoms with E-state index in [0.29, 0.717) is 18.8 Å². The number of nitro benzene ring substituents is 1. The van der Waals surface area contributed by atoms with Crippen molar-refractivity contribution in [1.29, 1.82) is 0 Å². The summed E-state index contributed by atoms with van der Waals surface area (Å²) in [5.41, 5.74) is 0.222. The summed E-state index contributed by atoms with van der Waals surface area (Å²) < 4.78 is 10.2. The van der Waals surface area contributed by atoms with Gasteiger partial charge in [-0.3, -0.25) is 14.9 Å². The van der Waals surface area contributed by atoms with Crippen molar-refractivity contribution in [3.05, 3.63) is 52.5 Å². The summed E-state index contributed by atoms with van der Waals surface area (Å²) in [5.74, 6) is 0.0887. The van der Waals surface area contributed by atoms with E-state index in [1.807, 2.05) is 0 Å². The Labute approximate surface area is 132 Å². The zero-order chi connectivity index (χ0) is 16.7. The molecule has 0 radical (unpaired) electrons. The van der Waals surface area contributed by atoms with E-state index in [2.05, 4.69) is 10.6 Å². The lowest BCUT2D eigenvalue weighted by Gasteiger charge is -2.10. The Morgan fingerprint density at radius 1 is 1.30 bits per heavy atom. The molecular formula is C15H17N3O5. The highest BCUT2D eigenvalue weighted by atomic mass is 16.6. The number of amides is 1. The van der Waals surface area contributed by atoms with E-state index in [9.17, 15) is 14.9 Å². The number of carbonyl (C=O) groups excluding carboxylic acids is 1. The third-order valence-corrected chi connectivity index (χ3v) is 2.95. The molecule has 0 unspecified atom stereocenters. The molecule has 0 fully saturated rings. The molecule has 8 nitrogen and oxygen atoms in total. The molecule has 0 aliphatic rings. The van der Waals surface area contributed by atoms with E-state index in [1.165, 1.54) is 6.26 Å². The zero-order valence-corrected chi connectivity index (χ0v) is 12.6. The molecule has 122 valence electrons. The number of hydrogen-bond donors (Lipinski definition) is 2. The van der Waals surface area contributed by atoms with Crippen LogP contribution in [0.1, 0.15) is 17.5 Å². The SMILES string of the molecule is CCOc1cccc(NCCNC(=O)c2ccco2)c1[N+](=O)[O-]. The van der Waals surface area contributed by atoms with E-state index < -0.39 is 4.92 Å². The molecule has 2 N–H and O–H groups in total. The fourth-order valence-corrected chi connectivity index (χ4v) is 1.99. The molecule has 0 aliphatic carbocycles. The van der Waals surface area contributed by atoms with Gasteiger partial charge in [0.25, 0.3) is 5.91 Å². The first kappa shape index (κ1) is 16.3. The largest absolute Gasteiger partial charge is 0.487 e. The van der Waals surface area contributed by atoms with Crippen LogP contribution < -0.4 is 15.4 Å². The average molecular weight is 319 g/mol. The lowest BCUT2D eigenvalue weighted by Crippen LogP contribution is -2.28. The minimum Gasteiger partial charge on any atom is -0.487 e. The number of anilines is 1. The number of nitro groups is 1. The van der Waals surface area contributed by atoms with Gasteiger partial charge in [-0.25, -0.2) is 0 Å². The molecule has 8 heteroatoms. The highest BCUT2D eigenvalue weighted by Gasteiger charge is 2.20. The first-order valence-electron chi connectivity index (χ1n) is 7.09. The Morgan fingerprint density at radius 3 is 2.78 bits per heavy atom. The quantitative estimate of drug-likeness (QED) is 0.439. The highest BCUT2D eigenvalue weighted by molar-refractivity contribution is 5.91. The van der Waals surface area contributed by atoms with Crippen LogP contribution in [-0.2, 0) is 0 Å². The van der Waals surface area contributed by atoms with E-state index in [4.69, 9.17) is 9.15 Å². The van der Waals surface area contributed by atoms with Gasteiger partial charge in [-0.15, -0.1) is 0 Å².